The van der Waals surface area contributed by atoms with Crippen LogP contribution in [0, 0.1) is 5.92 Å². The van der Waals surface area contributed by atoms with E-state index in [-0.39, 0.29) is 18.8 Å². The molecule has 0 radical (unpaired) electrons. The van der Waals surface area contributed by atoms with E-state index in [1.807, 2.05) is 12.1 Å². The van der Waals surface area contributed by atoms with Crippen LogP contribution in [0.3, 0.4) is 0 Å². The second-order valence-corrected chi connectivity index (χ2v) is 6.43. The molecule has 1 heterocycles. The topological polar surface area (TPSA) is 20.2 Å². The maximum Gasteiger partial charge on any atom is 0.248 e. The molecule has 2 rings (SSSR count). The molecule has 4 heteroatoms. The maximum atomic E-state index is 13.3. The van der Waals surface area contributed by atoms with E-state index in [9.17, 15) is 13.9 Å². The number of aliphatic hydroxyl groups excluding tert-OH is 1. The first-order chi connectivity index (χ1) is 8.50. The highest BCUT2D eigenvalue weighted by Crippen LogP contribution is 2.40. The Morgan fingerprint density at radius 1 is 1.50 bits per heavy atom. The fraction of sp³-hybridized carbons (Fsp3) is 0.714. The summed E-state index contributed by atoms with van der Waals surface area (Å²) in [7, 11) is 0. The minimum absolute atomic E-state index is 0.0125. The monoisotopic (exact) mass is 274 g/mol. The molecule has 0 aromatic carbocycles. The summed E-state index contributed by atoms with van der Waals surface area (Å²) in [6.45, 7) is 2.07. The van der Waals surface area contributed by atoms with Gasteiger partial charge in [0, 0.05) is 22.6 Å². The van der Waals surface area contributed by atoms with Crippen LogP contribution in [-0.4, -0.2) is 11.0 Å². The Morgan fingerprint density at radius 2 is 2.28 bits per heavy atom. The van der Waals surface area contributed by atoms with E-state index >= 15 is 0 Å². The molecule has 1 aromatic rings. The molecular weight excluding hydrogens is 254 g/mol. The van der Waals surface area contributed by atoms with Gasteiger partial charge in [-0.15, -0.1) is 11.3 Å². The molecule has 0 saturated heterocycles. The van der Waals surface area contributed by atoms with Crippen molar-refractivity contribution in [1.29, 1.82) is 0 Å². The molecule has 2 atom stereocenters. The zero-order valence-electron chi connectivity index (χ0n) is 10.7. The molecule has 1 aromatic heterocycles. The molecule has 2 unspecified atom stereocenters. The number of alkyl halides is 2. The Bertz CT molecular complexity index is 389. The molecule has 1 aliphatic rings. The summed E-state index contributed by atoms with van der Waals surface area (Å²) < 4.78 is 26.6. The molecule has 1 N–H and O–H groups in total. The van der Waals surface area contributed by atoms with E-state index in [1.54, 1.807) is 11.3 Å². The van der Waals surface area contributed by atoms with Gasteiger partial charge in [0.15, 0.2) is 0 Å². The van der Waals surface area contributed by atoms with Crippen LogP contribution in [0.2, 0.25) is 0 Å². The third kappa shape index (κ3) is 3.51. The maximum absolute atomic E-state index is 13.3. The molecule has 0 aliphatic heterocycles. The second kappa shape index (κ2) is 5.66. The Kier molecular flexibility index (Phi) is 4.38. The van der Waals surface area contributed by atoms with E-state index in [1.165, 1.54) is 4.88 Å². The number of halogens is 2. The van der Waals surface area contributed by atoms with Gasteiger partial charge >= 0.3 is 0 Å². The fourth-order valence-corrected chi connectivity index (χ4v) is 3.62. The van der Waals surface area contributed by atoms with E-state index in [2.05, 4.69) is 6.92 Å². The van der Waals surface area contributed by atoms with Crippen molar-refractivity contribution >= 4 is 11.3 Å². The van der Waals surface area contributed by atoms with Gasteiger partial charge in [-0.25, -0.2) is 8.78 Å². The van der Waals surface area contributed by atoms with Crippen molar-refractivity contribution in [2.45, 2.75) is 57.5 Å². The van der Waals surface area contributed by atoms with Crippen LogP contribution in [-0.2, 0) is 6.42 Å². The van der Waals surface area contributed by atoms with Gasteiger partial charge in [-0.3, -0.25) is 0 Å². The van der Waals surface area contributed by atoms with Gasteiger partial charge in [0.25, 0.3) is 0 Å². The normalized spacial score (nSPS) is 25.0. The largest absolute Gasteiger partial charge is 0.388 e. The van der Waals surface area contributed by atoms with E-state index in [4.69, 9.17) is 0 Å². The fourth-order valence-electron chi connectivity index (χ4n) is 2.67. The average molecular weight is 274 g/mol. The molecule has 1 nitrogen and oxygen atoms in total. The van der Waals surface area contributed by atoms with Crippen molar-refractivity contribution in [2.75, 3.05) is 0 Å². The summed E-state index contributed by atoms with van der Waals surface area (Å²) in [5, 5.41) is 10.1. The van der Waals surface area contributed by atoms with Gasteiger partial charge in [-0.1, -0.05) is 6.92 Å². The van der Waals surface area contributed by atoms with Crippen LogP contribution in [0.5, 0.6) is 0 Å². The molecule has 0 bridgehead atoms. The van der Waals surface area contributed by atoms with Crippen LogP contribution in [0.25, 0.3) is 0 Å². The van der Waals surface area contributed by atoms with Crippen molar-refractivity contribution in [3.63, 3.8) is 0 Å². The summed E-state index contributed by atoms with van der Waals surface area (Å²) in [4.78, 5) is 2.15. The van der Waals surface area contributed by atoms with Gasteiger partial charge in [0.05, 0.1) is 6.10 Å². The van der Waals surface area contributed by atoms with Gasteiger partial charge in [-0.2, -0.15) is 0 Å². The number of hydrogen-bond donors (Lipinski definition) is 1. The first-order valence-electron chi connectivity index (χ1n) is 6.64. The van der Waals surface area contributed by atoms with Crippen molar-refractivity contribution in [1.82, 2.24) is 0 Å². The number of aliphatic hydroxyl groups is 1. The number of hydrogen-bond acceptors (Lipinski definition) is 2. The molecule has 102 valence electrons. The Morgan fingerprint density at radius 3 is 2.89 bits per heavy atom. The Hall–Kier alpha value is -0.480. The predicted molar refractivity (Wildman–Crippen MR) is 70.2 cm³/mol. The minimum Gasteiger partial charge on any atom is -0.388 e. The van der Waals surface area contributed by atoms with Crippen LogP contribution < -0.4 is 0 Å². The molecule has 1 saturated carbocycles. The first kappa shape index (κ1) is 13.9. The lowest BCUT2D eigenvalue weighted by Gasteiger charge is -2.29. The Labute approximate surface area is 111 Å². The highest BCUT2D eigenvalue weighted by Gasteiger charge is 2.36. The van der Waals surface area contributed by atoms with Crippen LogP contribution in [0.1, 0.15) is 54.9 Å². The SMILES string of the molecule is CCc1ccc(C(O)CC2CCCC(F)(F)C2)s1. The van der Waals surface area contributed by atoms with Crippen LogP contribution in [0.4, 0.5) is 8.78 Å². The molecule has 18 heavy (non-hydrogen) atoms. The van der Waals surface area contributed by atoms with Crippen molar-refractivity contribution in [3.05, 3.63) is 21.9 Å². The third-order valence-electron chi connectivity index (χ3n) is 3.66. The summed E-state index contributed by atoms with van der Waals surface area (Å²) in [5.74, 6) is -2.57. The molecular formula is C14H20F2OS. The standard InChI is InChI=1S/C14H20F2OS/c1-2-11-5-6-13(18-11)12(17)8-10-4-3-7-14(15,16)9-10/h5-6,10,12,17H,2-4,7-9H2,1H3. The highest BCUT2D eigenvalue weighted by molar-refractivity contribution is 7.12. The van der Waals surface area contributed by atoms with E-state index in [0.29, 0.717) is 12.8 Å². The predicted octanol–water partition coefficient (Wildman–Crippen LogP) is 4.56. The van der Waals surface area contributed by atoms with Crippen molar-refractivity contribution in [3.8, 4) is 0 Å². The van der Waals surface area contributed by atoms with E-state index in [0.717, 1.165) is 17.7 Å². The van der Waals surface area contributed by atoms with Crippen LogP contribution >= 0.6 is 11.3 Å². The lowest BCUT2D eigenvalue weighted by Crippen LogP contribution is -2.26. The smallest absolute Gasteiger partial charge is 0.248 e. The summed E-state index contributed by atoms with van der Waals surface area (Å²) in [6, 6.07) is 3.94. The number of thiophene rings is 1. The summed E-state index contributed by atoms with van der Waals surface area (Å²) in [6.07, 6.45) is 2.20. The van der Waals surface area contributed by atoms with Gasteiger partial charge < -0.3 is 5.11 Å². The summed E-state index contributed by atoms with van der Waals surface area (Å²) in [5.41, 5.74) is 0. The average Bonchev–Trinajstić information content (AvgIpc) is 2.76. The van der Waals surface area contributed by atoms with Crippen LogP contribution in [0.15, 0.2) is 12.1 Å². The lowest BCUT2D eigenvalue weighted by atomic mass is 9.83. The first-order valence-corrected chi connectivity index (χ1v) is 7.46. The molecule has 0 amide bonds. The zero-order chi connectivity index (χ0) is 13.2. The van der Waals surface area contributed by atoms with Crippen molar-refractivity contribution < 1.29 is 13.9 Å². The lowest BCUT2D eigenvalue weighted by molar-refractivity contribution is -0.0589. The van der Waals surface area contributed by atoms with Crippen molar-refractivity contribution in [2.24, 2.45) is 5.92 Å². The number of rotatable bonds is 4. The second-order valence-electron chi connectivity index (χ2n) is 5.23. The molecule has 1 fully saturated rings. The molecule has 1 aliphatic carbocycles. The quantitative estimate of drug-likeness (QED) is 0.853. The molecule has 0 spiro atoms. The Balaban J connectivity index is 1.92. The highest BCUT2D eigenvalue weighted by atomic mass is 32.1. The minimum atomic E-state index is -2.52. The van der Waals surface area contributed by atoms with Gasteiger partial charge in [-0.05, 0) is 43.7 Å². The third-order valence-corrected chi connectivity index (χ3v) is 4.99. The van der Waals surface area contributed by atoms with E-state index < -0.39 is 12.0 Å². The van der Waals surface area contributed by atoms with Gasteiger partial charge in [0.1, 0.15) is 0 Å². The number of aryl methyl sites for hydroxylation is 1. The zero-order valence-corrected chi connectivity index (χ0v) is 11.5. The summed E-state index contributed by atoms with van der Waals surface area (Å²) >= 11 is 1.59. The van der Waals surface area contributed by atoms with Gasteiger partial charge in [0.2, 0.25) is 5.92 Å².